The molecule has 1 atom stereocenters. The lowest BCUT2D eigenvalue weighted by molar-refractivity contribution is 0.167. The summed E-state index contributed by atoms with van der Waals surface area (Å²) in [5.41, 5.74) is 0. The average Bonchev–Trinajstić information content (AvgIpc) is 2.76. The fourth-order valence-corrected chi connectivity index (χ4v) is 3.72. The molecule has 102 valence electrons. The predicted octanol–water partition coefficient (Wildman–Crippen LogP) is 3.61. The van der Waals surface area contributed by atoms with Crippen LogP contribution in [0.3, 0.4) is 0 Å². The summed E-state index contributed by atoms with van der Waals surface area (Å²) in [6, 6.07) is 2.01. The van der Waals surface area contributed by atoms with E-state index in [4.69, 9.17) is 11.6 Å². The van der Waals surface area contributed by atoms with Crippen molar-refractivity contribution in [3.05, 3.63) is 21.3 Å². The fraction of sp³-hybridized carbons (Fsp3) is 0.714. The van der Waals surface area contributed by atoms with Gasteiger partial charge in [0.05, 0.1) is 5.02 Å². The highest BCUT2D eigenvalue weighted by Gasteiger charge is 2.20. The second kappa shape index (κ2) is 7.49. The monoisotopic (exact) mass is 286 g/mol. The van der Waals surface area contributed by atoms with Gasteiger partial charge in [-0.3, -0.25) is 4.90 Å². The van der Waals surface area contributed by atoms with Crippen molar-refractivity contribution in [2.75, 3.05) is 26.2 Å². The van der Waals surface area contributed by atoms with Gasteiger partial charge in [0, 0.05) is 18.0 Å². The number of likely N-dealkylation sites (tertiary alicyclic amines) is 1. The molecular formula is C14H23ClN2S. The van der Waals surface area contributed by atoms with E-state index in [-0.39, 0.29) is 0 Å². The molecule has 1 aliphatic rings. The zero-order valence-corrected chi connectivity index (χ0v) is 12.7. The van der Waals surface area contributed by atoms with E-state index < -0.39 is 0 Å². The zero-order chi connectivity index (χ0) is 12.8. The van der Waals surface area contributed by atoms with Gasteiger partial charge in [-0.2, -0.15) is 0 Å². The Bertz CT molecular complexity index is 353. The number of nitrogens with zero attached hydrogens (tertiary/aromatic N) is 1. The molecule has 1 aliphatic heterocycles. The molecule has 0 saturated carbocycles. The van der Waals surface area contributed by atoms with E-state index in [1.165, 1.54) is 43.8 Å². The Labute approximate surface area is 119 Å². The first-order chi connectivity index (χ1) is 8.79. The van der Waals surface area contributed by atoms with Gasteiger partial charge in [0.2, 0.25) is 0 Å². The molecule has 2 heterocycles. The largest absolute Gasteiger partial charge is 0.316 e. The van der Waals surface area contributed by atoms with E-state index in [9.17, 15) is 0 Å². The van der Waals surface area contributed by atoms with Gasteiger partial charge in [0.25, 0.3) is 0 Å². The highest BCUT2D eigenvalue weighted by molar-refractivity contribution is 7.10. The molecule has 0 bridgehead atoms. The zero-order valence-electron chi connectivity index (χ0n) is 11.1. The summed E-state index contributed by atoms with van der Waals surface area (Å²) < 4.78 is 0. The van der Waals surface area contributed by atoms with Gasteiger partial charge in [0.1, 0.15) is 0 Å². The molecule has 0 spiro atoms. The molecule has 1 aromatic heterocycles. The first kappa shape index (κ1) is 14.3. The molecule has 1 saturated heterocycles. The van der Waals surface area contributed by atoms with Gasteiger partial charge in [-0.1, -0.05) is 18.5 Å². The number of halogens is 1. The minimum Gasteiger partial charge on any atom is -0.316 e. The van der Waals surface area contributed by atoms with E-state index in [0.717, 1.165) is 24.0 Å². The van der Waals surface area contributed by atoms with E-state index in [1.807, 2.05) is 6.07 Å². The van der Waals surface area contributed by atoms with Gasteiger partial charge in [0.15, 0.2) is 0 Å². The maximum atomic E-state index is 6.17. The maximum absolute atomic E-state index is 6.17. The Hall–Kier alpha value is -0.0900. The van der Waals surface area contributed by atoms with Crippen molar-refractivity contribution in [1.29, 1.82) is 0 Å². The van der Waals surface area contributed by atoms with Gasteiger partial charge in [-0.05, 0) is 56.3 Å². The lowest BCUT2D eigenvalue weighted by atomic mass is 9.98. The molecule has 1 unspecified atom stereocenters. The van der Waals surface area contributed by atoms with Crippen molar-refractivity contribution in [3.63, 3.8) is 0 Å². The number of thiophene rings is 1. The quantitative estimate of drug-likeness (QED) is 0.804. The summed E-state index contributed by atoms with van der Waals surface area (Å²) in [6.07, 6.45) is 3.91. The highest BCUT2D eigenvalue weighted by Crippen LogP contribution is 2.25. The van der Waals surface area contributed by atoms with Crippen molar-refractivity contribution in [1.82, 2.24) is 10.2 Å². The number of hydrogen-bond donors (Lipinski definition) is 1. The van der Waals surface area contributed by atoms with E-state index in [0.29, 0.717) is 0 Å². The second-order valence-electron chi connectivity index (χ2n) is 5.14. The van der Waals surface area contributed by atoms with Crippen LogP contribution >= 0.6 is 22.9 Å². The normalized spacial score (nSPS) is 21.3. The van der Waals surface area contributed by atoms with Crippen molar-refractivity contribution >= 4 is 22.9 Å². The molecule has 1 aromatic rings. The lowest BCUT2D eigenvalue weighted by Gasteiger charge is -2.32. The van der Waals surface area contributed by atoms with Crippen LogP contribution in [0.25, 0.3) is 0 Å². The third kappa shape index (κ3) is 4.23. The summed E-state index contributed by atoms with van der Waals surface area (Å²) in [7, 11) is 0. The molecule has 1 fully saturated rings. The Morgan fingerprint density at radius 1 is 1.56 bits per heavy atom. The summed E-state index contributed by atoms with van der Waals surface area (Å²) in [6.45, 7) is 8.00. The smallest absolute Gasteiger partial charge is 0.0558 e. The number of rotatable bonds is 6. The minimum atomic E-state index is 0.809. The van der Waals surface area contributed by atoms with Crippen LogP contribution in [0.1, 0.15) is 31.1 Å². The molecule has 0 radical (unpaired) electrons. The summed E-state index contributed by atoms with van der Waals surface area (Å²) in [5.74, 6) is 0.809. The van der Waals surface area contributed by atoms with Gasteiger partial charge >= 0.3 is 0 Å². The fourth-order valence-electron chi connectivity index (χ4n) is 2.59. The SMILES string of the molecule is CCCNCC1CCCN(Cc2sccc2Cl)C1. The molecule has 2 rings (SSSR count). The van der Waals surface area contributed by atoms with Gasteiger partial charge < -0.3 is 5.32 Å². The number of hydrogen-bond acceptors (Lipinski definition) is 3. The van der Waals surface area contributed by atoms with Gasteiger partial charge in [-0.25, -0.2) is 0 Å². The van der Waals surface area contributed by atoms with Crippen molar-refractivity contribution in [2.45, 2.75) is 32.7 Å². The van der Waals surface area contributed by atoms with Crippen LogP contribution in [0.5, 0.6) is 0 Å². The lowest BCUT2D eigenvalue weighted by Crippen LogP contribution is -2.39. The number of nitrogens with one attached hydrogen (secondary N) is 1. The van der Waals surface area contributed by atoms with Crippen LogP contribution in [0.4, 0.5) is 0 Å². The Morgan fingerprint density at radius 2 is 2.44 bits per heavy atom. The van der Waals surface area contributed by atoms with Crippen molar-refractivity contribution in [3.8, 4) is 0 Å². The first-order valence-corrected chi connectivity index (χ1v) is 8.20. The van der Waals surface area contributed by atoms with Crippen molar-refractivity contribution in [2.24, 2.45) is 5.92 Å². The molecule has 0 aliphatic carbocycles. The second-order valence-corrected chi connectivity index (χ2v) is 6.55. The molecule has 1 N–H and O–H groups in total. The minimum absolute atomic E-state index is 0.809. The van der Waals surface area contributed by atoms with E-state index in [1.54, 1.807) is 11.3 Å². The van der Waals surface area contributed by atoms with E-state index in [2.05, 4.69) is 22.5 Å². The standard InChI is InChI=1S/C14H23ClN2S/c1-2-6-16-9-12-4-3-7-17(10-12)11-14-13(15)5-8-18-14/h5,8,12,16H,2-4,6-7,9-11H2,1H3. The topological polar surface area (TPSA) is 15.3 Å². The number of piperidine rings is 1. The van der Waals surface area contributed by atoms with E-state index >= 15 is 0 Å². The third-order valence-electron chi connectivity index (χ3n) is 3.52. The Balaban J connectivity index is 1.78. The third-order valence-corrected chi connectivity index (χ3v) is 4.89. The molecule has 4 heteroatoms. The molecule has 0 amide bonds. The molecular weight excluding hydrogens is 264 g/mol. The van der Waals surface area contributed by atoms with Crippen LogP contribution < -0.4 is 5.32 Å². The maximum Gasteiger partial charge on any atom is 0.0558 e. The first-order valence-electron chi connectivity index (χ1n) is 6.94. The van der Waals surface area contributed by atoms with Crippen LogP contribution in [-0.2, 0) is 6.54 Å². The van der Waals surface area contributed by atoms with Crippen LogP contribution in [0.2, 0.25) is 5.02 Å². The summed E-state index contributed by atoms with van der Waals surface area (Å²) in [4.78, 5) is 3.87. The van der Waals surface area contributed by atoms with Crippen LogP contribution in [0.15, 0.2) is 11.4 Å². The average molecular weight is 287 g/mol. The predicted molar refractivity (Wildman–Crippen MR) is 80.5 cm³/mol. The Kier molecular flexibility index (Phi) is 5.96. The molecule has 0 aromatic carbocycles. The van der Waals surface area contributed by atoms with Crippen LogP contribution in [-0.4, -0.2) is 31.1 Å². The molecule has 18 heavy (non-hydrogen) atoms. The van der Waals surface area contributed by atoms with Gasteiger partial charge in [-0.15, -0.1) is 11.3 Å². The highest BCUT2D eigenvalue weighted by atomic mass is 35.5. The summed E-state index contributed by atoms with van der Waals surface area (Å²) >= 11 is 7.95. The van der Waals surface area contributed by atoms with Crippen LogP contribution in [0, 0.1) is 5.92 Å². The Morgan fingerprint density at radius 3 is 3.17 bits per heavy atom. The summed E-state index contributed by atoms with van der Waals surface area (Å²) in [5, 5.41) is 6.57. The van der Waals surface area contributed by atoms with Crippen molar-refractivity contribution < 1.29 is 0 Å². The molecule has 2 nitrogen and oxygen atoms in total.